The van der Waals surface area contributed by atoms with Gasteiger partial charge in [-0.2, -0.15) is 0 Å². The zero-order chi connectivity index (χ0) is 15.1. The van der Waals surface area contributed by atoms with Crippen LogP contribution < -0.4 is 10.2 Å². The molecule has 0 fully saturated rings. The number of likely N-dealkylation sites (N-methyl/N-ethyl adjacent to an activating group) is 1. The quantitative estimate of drug-likeness (QED) is 0.809. The zero-order valence-electron chi connectivity index (χ0n) is 12.8. The summed E-state index contributed by atoms with van der Waals surface area (Å²) in [6.07, 6.45) is 2.75. The highest BCUT2D eigenvalue weighted by Gasteiger charge is 2.13. The summed E-state index contributed by atoms with van der Waals surface area (Å²) in [6.45, 7) is 2.28. The molecule has 5 nitrogen and oxygen atoms in total. The van der Waals surface area contributed by atoms with Crippen LogP contribution in [0.25, 0.3) is 0 Å². The molecule has 0 aromatic carbocycles. The minimum atomic E-state index is 0.557. The van der Waals surface area contributed by atoms with E-state index in [1.54, 1.807) is 18.4 Å². The predicted octanol–water partition coefficient (Wildman–Crippen LogP) is 2.08. The van der Waals surface area contributed by atoms with Gasteiger partial charge in [-0.05, 0) is 19.2 Å². The number of nitrogens with one attached hydrogen (secondary N) is 1. The summed E-state index contributed by atoms with van der Waals surface area (Å²) >= 11 is 1.72. The Hall–Kier alpha value is -1.50. The fourth-order valence-corrected chi connectivity index (χ4v) is 3.07. The van der Waals surface area contributed by atoms with Gasteiger partial charge in [-0.1, -0.05) is 6.07 Å². The lowest BCUT2D eigenvalue weighted by Crippen LogP contribution is -2.20. The first-order valence-corrected chi connectivity index (χ1v) is 7.79. The molecule has 0 aliphatic carbocycles. The van der Waals surface area contributed by atoms with Crippen LogP contribution in [0.5, 0.6) is 0 Å². The van der Waals surface area contributed by atoms with E-state index in [4.69, 9.17) is 4.74 Å². The molecule has 0 bridgehead atoms. The molecule has 1 N–H and O–H groups in total. The third-order valence-electron chi connectivity index (χ3n) is 3.14. The maximum Gasteiger partial charge on any atom is 0.185 e. The van der Waals surface area contributed by atoms with Crippen molar-refractivity contribution in [2.75, 3.05) is 32.6 Å². The second-order valence-corrected chi connectivity index (χ2v) is 5.88. The average molecular weight is 306 g/mol. The molecule has 0 radical (unpaired) electrons. The molecule has 0 aliphatic heterocycles. The number of nitrogens with zero attached hydrogens (tertiary/aromatic N) is 3. The number of thiazole rings is 1. The summed E-state index contributed by atoms with van der Waals surface area (Å²) in [6, 6.07) is 6.01. The van der Waals surface area contributed by atoms with Crippen LogP contribution in [0.4, 0.5) is 5.13 Å². The van der Waals surface area contributed by atoms with Gasteiger partial charge in [0.25, 0.3) is 0 Å². The van der Waals surface area contributed by atoms with Crippen molar-refractivity contribution in [1.82, 2.24) is 15.3 Å². The number of methoxy groups -OCH3 is 1. The standard InChI is InChI=1S/C15H22N4OS/c1-16-10-14-13(11-20-3)18-15(21-14)19(2)9-7-12-6-4-5-8-17-12/h4-6,8,16H,7,9-11H2,1-3H3. The van der Waals surface area contributed by atoms with E-state index in [2.05, 4.69) is 33.3 Å². The number of ether oxygens (including phenoxy) is 1. The van der Waals surface area contributed by atoms with Crippen molar-refractivity contribution in [3.63, 3.8) is 0 Å². The van der Waals surface area contributed by atoms with E-state index in [9.17, 15) is 0 Å². The molecule has 0 atom stereocenters. The van der Waals surface area contributed by atoms with Gasteiger partial charge in [0, 0.05) is 50.4 Å². The molecule has 0 saturated heterocycles. The number of anilines is 1. The second-order valence-electron chi connectivity index (χ2n) is 4.82. The molecular weight excluding hydrogens is 284 g/mol. The number of pyridine rings is 1. The Balaban J connectivity index is 2.01. The van der Waals surface area contributed by atoms with Gasteiger partial charge in [-0.3, -0.25) is 4.98 Å². The smallest absolute Gasteiger partial charge is 0.185 e. The van der Waals surface area contributed by atoms with Crippen molar-refractivity contribution in [3.05, 3.63) is 40.7 Å². The van der Waals surface area contributed by atoms with Gasteiger partial charge in [0.2, 0.25) is 0 Å². The molecule has 0 saturated carbocycles. The Morgan fingerprint density at radius 3 is 2.90 bits per heavy atom. The van der Waals surface area contributed by atoms with Gasteiger partial charge in [0.1, 0.15) is 0 Å². The lowest BCUT2D eigenvalue weighted by molar-refractivity contribution is 0.181. The molecule has 2 aromatic rings. The lowest BCUT2D eigenvalue weighted by Gasteiger charge is -2.15. The first-order valence-electron chi connectivity index (χ1n) is 6.97. The highest BCUT2D eigenvalue weighted by Crippen LogP contribution is 2.26. The lowest BCUT2D eigenvalue weighted by atomic mass is 10.2. The predicted molar refractivity (Wildman–Crippen MR) is 86.8 cm³/mol. The van der Waals surface area contributed by atoms with Gasteiger partial charge in [-0.15, -0.1) is 11.3 Å². The third-order valence-corrected chi connectivity index (χ3v) is 4.35. The van der Waals surface area contributed by atoms with Crippen molar-refractivity contribution in [1.29, 1.82) is 0 Å². The maximum atomic E-state index is 5.23. The van der Waals surface area contributed by atoms with Crippen molar-refractivity contribution in [3.8, 4) is 0 Å². The molecule has 6 heteroatoms. The van der Waals surface area contributed by atoms with Gasteiger partial charge in [0.15, 0.2) is 5.13 Å². The molecule has 0 unspecified atom stereocenters. The van der Waals surface area contributed by atoms with Gasteiger partial charge in [-0.25, -0.2) is 4.98 Å². The monoisotopic (exact) mass is 306 g/mol. The fourth-order valence-electron chi connectivity index (χ4n) is 2.01. The minimum Gasteiger partial charge on any atom is -0.378 e. The average Bonchev–Trinajstić information content (AvgIpc) is 2.90. The van der Waals surface area contributed by atoms with Crippen molar-refractivity contribution in [2.45, 2.75) is 19.6 Å². The van der Waals surface area contributed by atoms with Gasteiger partial charge in [0.05, 0.1) is 12.3 Å². The third kappa shape index (κ3) is 4.49. The number of rotatable bonds is 8. The van der Waals surface area contributed by atoms with Crippen LogP contribution in [0.1, 0.15) is 16.3 Å². The van der Waals surface area contributed by atoms with Crippen LogP contribution >= 0.6 is 11.3 Å². The molecule has 2 aromatic heterocycles. The van der Waals surface area contributed by atoms with E-state index in [0.717, 1.165) is 36.0 Å². The van der Waals surface area contributed by atoms with Crippen LogP contribution in [0, 0.1) is 0 Å². The molecule has 2 heterocycles. The van der Waals surface area contributed by atoms with Gasteiger partial charge >= 0.3 is 0 Å². The Morgan fingerprint density at radius 2 is 2.24 bits per heavy atom. The molecule has 2 rings (SSSR count). The SMILES string of the molecule is CNCc1sc(N(C)CCc2ccccn2)nc1COC. The fraction of sp³-hybridized carbons (Fsp3) is 0.467. The van der Waals surface area contributed by atoms with Crippen LogP contribution in [-0.4, -0.2) is 37.7 Å². The molecule has 0 amide bonds. The van der Waals surface area contributed by atoms with E-state index < -0.39 is 0 Å². The number of hydrogen-bond acceptors (Lipinski definition) is 6. The highest BCUT2D eigenvalue weighted by molar-refractivity contribution is 7.15. The van der Waals surface area contributed by atoms with E-state index >= 15 is 0 Å². The Labute approximate surface area is 130 Å². The maximum absolute atomic E-state index is 5.23. The second kappa shape index (κ2) is 8.07. The highest BCUT2D eigenvalue weighted by atomic mass is 32.1. The van der Waals surface area contributed by atoms with Gasteiger partial charge < -0.3 is 15.0 Å². The normalized spacial score (nSPS) is 10.8. The summed E-state index contributed by atoms with van der Waals surface area (Å²) in [5.74, 6) is 0. The number of hydrogen-bond donors (Lipinski definition) is 1. The number of aromatic nitrogens is 2. The largest absolute Gasteiger partial charge is 0.378 e. The van der Waals surface area contributed by atoms with Crippen molar-refractivity contribution in [2.24, 2.45) is 0 Å². The zero-order valence-corrected chi connectivity index (χ0v) is 13.6. The summed E-state index contributed by atoms with van der Waals surface area (Å²) in [4.78, 5) is 12.5. The molecule has 0 spiro atoms. The van der Waals surface area contributed by atoms with Crippen LogP contribution in [0.15, 0.2) is 24.4 Å². The van der Waals surface area contributed by atoms with E-state index in [1.807, 2.05) is 25.4 Å². The van der Waals surface area contributed by atoms with E-state index in [-0.39, 0.29) is 0 Å². The van der Waals surface area contributed by atoms with Crippen LogP contribution in [-0.2, 0) is 24.3 Å². The minimum absolute atomic E-state index is 0.557. The molecule has 0 aliphatic rings. The molecule has 114 valence electrons. The Bertz CT molecular complexity index is 520. The first kappa shape index (κ1) is 15.9. The van der Waals surface area contributed by atoms with Crippen LogP contribution in [0.3, 0.4) is 0 Å². The molecular formula is C15H22N4OS. The summed E-state index contributed by atoms with van der Waals surface area (Å²) in [7, 11) is 5.72. The van der Waals surface area contributed by atoms with E-state index in [1.165, 1.54) is 4.88 Å². The summed E-state index contributed by atoms with van der Waals surface area (Å²) in [5, 5.41) is 4.21. The topological polar surface area (TPSA) is 50.3 Å². The Kier molecular flexibility index (Phi) is 6.10. The first-order chi connectivity index (χ1) is 10.2. The molecule has 21 heavy (non-hydrogen) atoms. The van der Waals surface area contributed by atoms with Crippen molar-refractivity contribution >= 4 is 16.5 Å². The summed E-state index contributed by atoms with van der Waals surface area (Å²) < 4.78 is 5.23. The van der Waals surface area contributed by atoms with Crippen molar-refractivity contribution < 1.29 is 4.74 Å². The summed E-state index contributed by atoms with van der Waals surface area (Å²) in [5.41, 5.74) is 2.13. The van der Waals surface area contributed by atoms with E-state index in [0.29, 0.717) is 6.61 Å². The Morgan fingerprint density at radius 1 is 1.38 bits per heavy atom. The van der Waals surface area contributed by atoms with Crippen LogP contribution in [0.2, 0.25) is 0 Å².